The maximum absolute atomic E-state index is 13.7. The summed E-state index contributed by atoms with van der Waals surface area (Å²) in [6, 6.07) is 11.0. The summed E-state index contributed by atoms with van der Waals surface area (Å²) in [5, 5.41) is 3.47. The Morgan fingerprint density at radius 3 is 2.43 bits per heavy atom. The molecule has 1 fully saturated rings. The van der Waals surface area contributed by atoms with E-state index < -0.39 is 5.66 Å². The molecule has 0 atom stereocenters. The van der Waals surface area contributed by atoms with Gasteiger partial charge in [0, 0.05) is 36.0 Å². The zero-order chi connectivity index (χ0) is 21.5. The van der Waals surface area contributed by atoms with Crippen molar-refractivity contribution in [1.82, 2.24) is 0 Å². The topological polar surface area (TPSA) is 71.0 Å². The molecule has 0 aliphatic carbocycles. The molecule has 4 rings (SSSR count). The second-order valence-corrected chi connectivity index (χ2v) is 8.22. The van der Waals surface area contributed by atoms with Gasteiger partial charge in [0.15, 0.2) is 0 Å². The second kappa shape index (κ2) is 7.85. The highest BCUT2D eigenvalue weighted by Gasteiger charge is 2.49. The van der Waals surface area contributed by atoms with Crippen molar-refractivity contribution in [3.8, 4) is 0 Å². The molecular weight excluding hydrogens is 402 g/mol. The van der Waals surface area contributed by atoms with Gasteiger partial charge in [-0.2, -0.15) is 0 Å². The summed E-state index contributed by atoms with van der Waals surface area (Å²) in [6.45, 7) is 6.44. The number of hydrogen-bond donors (Lipinski definition) is 1. The van der Waals surface area contributed by atoms with Crippen LogP contribution in [0.2, 0.25) is 5.02 Å². The molecule has 1 N–H and O–H groups in total. The number of benzene rings is 2. The lowest BCUT2D eigenvalue weighted by molar-refractivity contribution is -0.114. The van der Waals surface area contributed by atoms with E-state index in [2.05, 4.69) is 5.32 Å². The van der Waals surface area contributed by atoms with Crippen molar-refractivity contribution in [3.63, 3.8) is 0 Å². The molecule has 0 bridgehead atoms. The standard InChI is InChI=1S/C23H24ClN3O3/c1-14-4-9-19(25-16(3)28)15(2)21(14)27-22(29)20(17-5-7-18(24)8-6-17)26-23(27)10-12-30-13-11-23/h4-9H,10-13H2,1-3H3,(H,25,28). The predicted octanol–water partition coefficient (Wildman–Crippen LogP) is 4.26. The molecule has 0 aromatic heterocycles. The number of anilines is 2. The number of ether oxygens (including phenoxy) is 1. The molecule has 6 nitrogen and oxygen atoms in total. The van der Waals surface area contributed by atoms with Gasteiger partial charge in [-0.15, -0.1) is 0 Å². The van der Waals surface area contributed by atoms with Gasteiger partial charge in [-0.1, -0.05) is 29.8 Å². The van der Waals surface area contributed by atoms with Crippen molar-refractivity contribution in [2.45, 2.75) is 39.3 Å². The minimum absolute atomic E-state index is 0.148. The Kier molecular flexibility index (Phi) is 5.38. The third-order valence-corrected chi connectivity index (χ3v) is 5.97. The first-order valence-corrected chi connectivity index (χ1v) is 10.4. The van der Waals surface area contributed by atoms with Crippen molar-refractivity contribution in [2.75, 3.05) is 23.4 Å². The molecule has 0 saturated carbocycles. The highest BCUT2D eigenvalue weighted by atomic mass is 35.5. The number of carbonyl (C=O) groups excluding carboxylic acids is 2. The number of nitrogens with zero attached hydrogens (tertiary/aromatic N) is 2. The number of halogens is 1. The van der Waals surface area contributed by atoms with E-state index in [4.69, 9.17) is 21.3 Å². The molecule has 30 heavy (non-hydrogen) atoms. The highest BCUT2D eigenvalue weighted by Crippen LogP contribution is 2.43. The first-order valence-electron chi connectivity index (χ1n) is 9.98. The van der Waals surface area contributed by atoms with Gasteiger partial charge in [-0.25, -0.2) is 0 Å². The molecule has 1 saturated heterocycles. The summed E-state index contributed by atoms with van der Waals surface area (Å²) in [5.74, 6) is -0.301. The molecule has 156 valence electrons. The van der Waals surface area contributed by atoms with Gasteiger partial charge < -0.3 is 10.1 Å². The second-order valence-electron chi connectivity index (χ2n) is 7.79. The van der Waals surface area contributed by atoms with Crippen LogP contribution in [0, 0.1) is 13.8 Å². The summed E-state index contributed by atoms with van der Waals surface area (Å²) in [7, 11) is 0. The van der Waals surface area contributed by atoms with Gasteiger partial charge in [-0.05, 0) is 43.2 Å². The quantitative estimate of drug-likeness (QED) is 0.798. The first-order chi connectivity index (χ1) is 14.3. The fraction of sp³-hybridized carbons (Fsp3) is 0.348. The third-order valence-electron chi connectivity index (χ3n) is 5.72. The fourth-order valence-electron chi connectivity index (χ4n) is 4.24. The number of aryl methyl sites for hydroxylation is 1. The van der Waals surface area contributed by atoms with Gasteiger partial charge >= 0.3 is 0 Å². The summed E-state index contributed by atoms with van der Waals surface area (Å²) in [4.78, 5) is 32.2. The monoisotopic (exact) mass is 425 g/mol. The highest BCUT2D eigenvalue weighted by molar-refractivity contribution is 6.51. The molecule has 7 heteroatoms. The molecule has 2 aromatic carbocycles. The fourth-order valence-corrected chi connectivity index (χ4v) is 4.37. The average Bonchev–Trinajstić information content (AvgIpc) is 2.97. The van der Waals surface area contributed by atoms with Crippen LogP contribution in [-0.2, 0) is 14.3 Å². The van der Waals surface area contributed by atoms with Gasteiger partial charge in [-0.3, -0.25) is 19.5 Å². The predicted molar refractivity (Wildman–Crippen MR) is 118 cm³/mol. The molecule has 2 heterocycles. The first kappa shape index (κ1) is 20.6. The van der Waals surface area contributed by atoms with Gasteiger partial charge in [0.2, 0.25) is 5.91 Å². The van der Waals surface area contributed by atoms with E-state index in [0.29, 0.717) is 42.5 Å². The van der Waals surface area contributed by atoms with Crippen molar-refractivity contribution >= 4 is 40.5 Å². The van der Waals surface area contributed by atoms with Crippen LogP contribution in [0.15, 0.2) is 41.4 Å². The summed E-state index contributed by atoms with van der Waals surface area (Å²) >= 11 is 6.04. The van der Waals surface area contributed by atoms with Crippen LogP contribution >= 0.6 is 11.6 Å². The van der Waals surface area contributed by atoms with Crippen LogP contribution in [0.1, 0.15) is 36.5 Å². The van der Waals surface area contributed by atoms with Crippen LogP contribution in [0.25, 0.3) is 0 Å². The number of hydrogen-bond acceptors (Lipinski definition) is 4. The van der Waals surface area contributed by atoms with Gasteiger partial charge in [0.25, 0.3) is 5.91 Å². The summed E-state index contributed by atoms with van der Waals surface area (Å²) in [6.07, 6.45) is 1.22. The Balaban J connectivity index is 1.86. The number of aliphatic imine (C=N–C) groups is 1. The Hall–Kier alpha value is -2.70. The Labute approximate surface area is 180 Å². The third kappa shape index (κ3) is 3.50. The molecule has 1 spiro atoms. The maximum atomic E-state index is 13.7. The Morgan fingerprint density at radius 1 is 1.13 bits per heavy atom. The maximum Gasteiger partial charge on any atom is 0.279 e. The lowest BCUT2D eigenvalue weighted by Crippen LogP contribution is -2.51. The lowest BCUT2D eigenvalue weighted by atomic mass is 9.96. The summed E-state index contributed by atoms with van der Waals surface area (Å²) < 4.78 is 5.59. The van der Waals surface area contributed by atoms with Crippen LogP contribution in [0.3, 0.4) is 0 Å². The molecule has 2 aromatic rings. The van der Waals surface area contributed by atoms with Gasteiger partial charge in [0.1, 0.15) is 11.4 Å². The average molecular weight is 426 g/mol. The minimum Gasteiger partial charge on any atom is -0.381 e. The van der Waals surface area contributed by atoms with Crippen LogP contribution < -0.4 is 10.2 Å². The van der Waals surface area contributed by atoms with E-state index in [1.54, 1.807) is 12.1 Å². The van der Waals surface area contributed by atoms with E-state index in [1.165, 1.54) is 6.92 Å². The molecule has 2 aliphatic heterocycles. The van der Waals surface area contributed by atoms with E-state index in [9.17, 15) is 9.59 Å². The number of nitrogens with one attached hydrogen (secondary N) is 1. The van der Waals surface area contributed by atoms with E-state index in [-0.39, 0.29) is 11.8 Å². The van der Waals surface area contributed by atoms with Crippen molar-refractivity contribution in [3.05, 3.63) is 58.1 Å². The number of carbonyl (C=O) groups is 2. The van der Waals surface area contributed by atoms with Crippen molar-refractivity contribution in [2.24, 2.45) is 4.99 Å². The van der Waals surface area contributed by atoms with Crippen LogP contribution in [0.5, 0.6) is 0 Å². The number of amides is 2. The normalized spacial score (nSPS) is 17.9. The lowest BCUT2D eigenvalue weighted by Gasteiger charge is -2.40. The Morgan fingerprint density at radius 2 is 1.80 bits per heavy atom. The van der Waals surface area contributed by atoms with E-state index >= 15 is 0 Å². The van der Waals surface area contributed by atoms with E-state index in [1.807, 2.05) is 43.0 Å². The van der Waals surface area contributed by atoms with E-state index in [0.717, 1.165) is 22.4 Å². The van der Waals surface area contributed by atoms with Crippen LogP contribution in [-0.4, -0.2) is 36.4 Å². The van der Waals surface area contributed by atoms with Gasteiger partial charge in [0.05, 0.1) is 18.9 Å². The SMILES string of the molecule is CC(=O)Nc1ccc(C)c(N2C(=O)C(c3ccc(Cl)cc3)=NC23CCOCC3)c1C. The molecule has 0 unspecified atom stereocenters. The smallest absolute Gasteiger partial charge is 0.279 e. The van der Waals surface area contributed by atoms with Crippen LogP contribution in [0.4, 0.5) is 11.4 Å². The molecule has 2 amide bonds. The molecule has 0 radical (unpaired) electrons. The largest absolute Gasteiger partial charge is 0.381 e. The molecular formula is C23H24ClN3O3. The zero-order valence-corrected chi connectivity index (χ0v) is 18.0. The number of rotatable bonds is 3. The Bertz CT molecular complexity index is 1040. The van der Waals surface area contributed by atoms with Crippen molar-refractivity contribution < 1.29 is 14.3 Å². The zero-order valence-electron chi connectivity index (χ0n) is 17.3. The summed E-state index contributed by atoms with van der Waals surface area (Å²) in [5.41, 5.74) is 3.75. The minimum atomic E-state index is -0.700. The molecule has 2 aliphatic rings. The van der Waals surface area contributed by atoms with Crippen molar-refractivity contribution in [1.29, 1.82) is 0 Å².